The van der Waals surface area contributed by atoms with Gasteiger partial charge in [-0.2, -0.15) is 0 Å². The van der Waals surface area contributed by atoms with Gasteiger partial charge in [-0.1, -0.05) is 36.4 Å². The quantitative estimate of drug-likeness (QED) is 0.308. The molecular formula is C25H15NO4S. The highest BCUT2D eigenvalue weighted by molar-refractivity contribution is 7.12. The first kappa shape index (κ1) is 19.0. The van der Waals surface area contributed by atoms with Gasteiger partial charge in [0.1, 0.15) is 5.75 Å². The molecule has 0 unspecified atom stereocenters. The SMILES string of the molecule is O=C(Oc1ccc(NC(=O)c2cccs2)cc1)c1ccc2c(c1)C(=O)c1ccccc1-2. The molecule has 5 rings (SSSR count). The number of benzene rings is 3. The van der Waals surface area contributed by atoms with Crippen LogP contribution in [-0.4, -0.2) is 17.7 Å². The second-order valence-corrected chi connectivity index (χ2v) is 7.93. The molecule has 0 radical (unpaired) electrons. The summed E-state index contributed by atoms with van der Waals surface area (Å²) in [5.74, 6) is -0.495. The van der Waals surface area contributed by atoms with Crippen molar-refractivity contribution < 1.29 is 19.1 Å². The van der Waals surface area contributed by atoms with E-state index in [1.165, 1.54) is 11.3 Å². The summed E-state index contributed by atoms with van der Waals surface area (Å²) in [6.45, 7) is 0. The van der Waals surface area contributed by atoms with Crippen molar-refractivity contribution in [3.63, 3.8) is 0 Å². The zero-order valence-corrected chi connectivity index (χ0v) is 16.9. The highest BCUT2D eigenvalue weighted by Gasteiger charge is 2.27. The maximum absolute atomic E-state index is 12.6. The van der Waals surface area contributed by atoms with Gasteiger partial charge in [0, 0.05) is 16.8 Å². The van der Waals surface area contributed by atoms with Crippen LogP contribution in [-0.2, 0) is 0 Å². The number of hydrogen-bond donors (Lipinski definition) is 1. The number of ether oxygens (including phenoxy) is 1. The maximum atomic E-state index is 12.6. The molecule has 0 aliphatic heterocycles. The van der Waals surface area contributed by atoms with Crippen LogP contribution >= 0.6 is 11.3 Å². The van der Waals surface area contributed by atoms with E-state index in [4.69, 9.17) is 4.74 Å². The van der Waals surface area contributed by atoms with Crippen LogP contribution in [0.1, 0.15) is 36.0 Å². The molecule has 1 amide bonds. The van der Waals surface area contributed by atoms with E-state index in [0.29, 0.717) is 33.0 Å². The first-order chi connectivity index (χ1) is 15.1. The summed E-state index contributed by atoms with van der Waals surface area (Å²) in [6.07, 6.45) is 0. The predicted octanol–water partition coefficient (Wildman–Crippen LogP) is 5.43. The fourth-order valence-electron chi connectivity index (χ4n) is 3.53. The molecule has 1 aliphatic rings. The lowest BCUT2D eigenvalue weighted by molar-refractivity contribution is 0.0734. The van der Waals surface area contributed by atoms with E-state index in [-0.39, 0.29) is 11.7 Å². The van der Waals surface area contributed by atoms with Gasteiger partial charge in [0.2, 0.25) is 0 Å². The van der Waals surface area contributed by atoms with Gasteiger partial charge < -0.3 is 10.1 Å². The number of nitrogens with one attached hydrogen (secondary N) is 1. The van der Waals surface area contributed by atoms with E-state index in [2.05, 4.69) is 5.32 Å². The Balaban J connectivity index is 1.30. The molecule has 0 bridgehead atoms. The van der Waals surface area contributed by atoms with Gasteiger partial charge in [-0.05, 0) is 59.0 Å². The normalized spacial score (nSPS) is 11.5. The van der Waals surface area contributed by atoms with Crippen LogP contribution in [0.2, 0.25) is 0 Å². The molecule has 0 fully saturated rings. The highest BCUT2D eigenvalue weighted by Crippen LogP contribution is 2.36. The number of ketones is 1. The van der Waals surface area contributed by atoms with E-state index in [1.807, 2.05) is 29.6 Å². The molecule has 0 saturated carbocycles. The molecule has 150 valence electrons. The lowest BCUT2D eigenvalue weighted by Crippen LogP contribution is -2.11. The molecule has 1 heterocycles. The fourth-order valence-corrected chi connectivity index (χ4v) is 4.15. The van der Waals surface area contributed by atoms with Gasteiger partial charge in [0.25, 0.3) is 5.91 Å². The minimum atomic E-state index is -0.554. The van der Waals surface area contributed by atoms with Crippen molar-refractivity contribution in [1.29, 1.82) is 0 Å². The fraction of sp³-hybridized carbons (Fsp3) is 0. The van der Waals surface area contributed by atoms with Crippen LogP contribution in [0.4, 0.5) is 5.69 Å². The van der Waals surface area contributed by atoms with Gasteiger partial charge in [-0.25, -0.2) is 4.79 Å². The molecule has 0 atom stereocenters. The third kappa shape index (κ3) is 3.53. The first-order valence-electron chi connectivity index (χ1n) is 9.55. The van der Waals surface area contributed by atoms with Crippen LogP contribution in [0.15, 0.2) is 84.2 Å². The molecular weight excluding hydrogens is 410 g/mol. The summed E-state index contributed by atoms with van der Waals surface area (Å²) in [6, 6.07) is 22.5. The number of fused-ring (bicyclic) bond motifs is 3. The minimum absolute atomic E-state index is 0.0916. The lowest BCUT2D eigenvalue weighted by Gasteiger charge is -2.08. The number of amides is 1. The number of anilines is 1. The molecule has 0 saturated heterocycles. The Bertz CT molecular complexity index is 1320. The van der Waals surface area contributed by atoms with Gasteiger partial charge in [0.05, 0.1) is 10.4 Å². The Kier molecular flexibility index (Phi) is 4.69. The third-order valence-electron chi connectivity index (χ3n) is 5.03. The summed E-state index contributed by atoms with van der Waals surface area (Å²) in [7, 11) is 0. The largest absolute Gasteiger partial charge is 0.423 e. The van der Waals surface area contributed by atoms with Gasteiger partial charge in [-0.15, -0.1) is 11.3 Å². The average molecular weight is 425 g/mol. The zero-order valence-electron chi connectivity index (χ0n) is 16.1. The summed E-state index contributed by atoms with van der Waals surface area (Å²) in [5, 5.41) is 4.63. The number of hydrogen-bond acceptors (Lipinski definition) is 5. The van der Waals surface area contributed by atoms with Crippen molar-refractivity contribution in [3.8, 4) is 16.9 Å². The van der Waals surface area contributed by atoms with Crippen LogP contribution in [0.25, 0.3) is 11.1 Å². The van der Waals surface area contributed by atoms with Crippen molar-refractivity contribution in [2.75, 3.05) is 5.32 Å². The maximum Gasteiger partial charge on any atom is 0.343 e. The van der Waals surface area contributed by atoms with Crippen molar-refractivity contribution in [2.24, 2.45) is 0 Å². The van der Waals surface area contributed by atoms with Crippen LogP contribution in [0, 0.1) is 0 Å². The van der Waals surface area contributed by atoms with Crippen molar-refractivity contribution in [3.05, 3.63) is 106 Å². The topological polar surface area (TPSA) is 72.5 Å². The number of carbonyl (C=O) groups excluding carboxylic acids is 3. The Morgan fingerprint density at radius 3 is 2.26 bits per heavy atom. The molecule has 5 nitrogen and oxygen atoms in total. The Morgan fingerprint density at radius 1 is 0.774 bits per heavy atom. The van der Waals surface area contributed by atoms with E-state index in [0.717, 1.165) is 11.1 Å². The Labute approximate surface area is 181 Å². The second-order valence-electron chi connectivity index (χ2n) is 6.98. The van der Waals surface area contributed by atoms with Crippen molar-refractivity contribution in [2.45, 2.75) is 0 Å². The molecule has 31 heavy (non-hydrogen) atoms. The van der Waals surface area contributed by atoms with E-state index < -0.39 is 5.97 Å². The smallest absolute Gasteiger partial charge is 0.343 e. The molecule has 0 spiro atoms. The van der Waals surface area contributed by atoms with Gasteiger partial charge in [-0.3, -0.25) is 9.59 Å². The van der Waals surface area contributed by atoms with Crippen molar-refractivity contribution >= 4 is 34.7 Å². The minimum Gasteiger partial charge on any atom is -0.423 e. The Hall–Kier alpha value is -4.03. The standard InChI is InChI=1S/C25H15NO4S/c27-23-20-5-2-1-4-18(20)19-12-7-15(14-21(19)23)25(29)30-17-10-8-16(9-11-17)26-24(28)22-6-3-13-31-22/h1-14H,(H,26,28). The highest BCUT2D eigenvalue weighted by atomic mass is 32.1. The third-order valence-corrected chi connectivity index (χ3v) is 5.90. The summed E-state index contributed by atoms with van der Waals surface area (Å²) < 4.78 is 5.44. The number of rotatable bonds is 4. The summed E-state index contributed by atoms with van der Waals surface area (Å²) in [5.41, 5.74) is 3.74. The second kappa shape index (κ2) is 7.66. The van der Waals surface area contributed by atoms with Crippen LogP contribution in [0.5, 0.6) is 5.75 Å². The molecule has 1 aromatic heterocycles. The zero-order chi connectivity index (χ0) is 21.4. The monoisotopic (exact) mass is 425 g/mol. The van der Waals surface area contributed by atoms with E-state index in [1.54, 1.807) is 54.6 Å². The van der Waals surface area contributed by atoms with E-state index >= 15 is 0 Å². The lowest BCUT2D eigenvalue weighted by atomic mass is 10.0. The van der Waals surface area contributed by atoms with Crippen LogP contribution < -0.4 is 10.1 Å². The van der Waals surface area contributed by atoms with Crippen LogP contribution in [0.3, 0.4) is 0 Å². The molecule has 6 heteroatoms. The summed E-state index contributed by atoms with van der Waals surface area (Å²) >= 11 is 1.36. The summed E-state index contributed by atoms with van der Waals surface area (Å²) in [4.78, 5) is 38.0. The number of thiophene rings is 1. The average Bonchev–Trinajstić information content (AvgIpc) is 3.43. The van der Waals surface area contributed by atoms with Gasteiger partial charge >= 0.3 is 5.97 Å². The Morgan fingerprint density at radius 2 is 1.52 bits per heavy atom. The van der Waals surface area contributed by atoms with E-state index in [9.17, 15) is 14.4 Å². The molecule has 1 aliphatic carbocycles. The predicted molar refractivity (Wildman–Crippen MR) is 119 cm³/mol. The molecule has 3 aromatic carbocycles. The number of esters is 1. The molecule has 1 N–H and O–H groups in total. The van der Waals surface area contributed by atoms with Gasteiger partial charge in [0.15, 0.2) is 5.78 Å². The van der Waals surface area contributed by atoms with Crippen molar-refractivity contribution in [1.82, 2.24) is 0 Å². The number of carbonyl (C=O) groups is 3. The molecule has 4 aromatic rings. The first-order valence-corrected chi connectivity index (χ1v) is 10.4.